The van der Waals surface area contributed by atoms with E-state index in [4.69, 9.17) is 10.6 Å². The number of ether oxygens (including phenoxy) is 1. The lowest BCUT2D eigenvalue weighted by Crippen LogP contribution is -2.31. The third kappa shape index (κ3) is 4.42. The molecule has 0 bridgehead atoms. The summed E-state index contributed by atoms with van der Waals surface area (Å²) in [5, 5.41) is 0. The summed E-state index contributed by atoms with van der Waals surface area (Å²) in [6.07, 6.45) is 1.71. The molecule has 0 heterocycles. The van der Waals surface area contributed by atoms with Crippen LogP contribution in [0.4, 0.5) is 4.39 Å². The van der Waals surface area contributed by atoms with E-state index < -0.39 is 0 Å². The molecule has 0 fully saturated rings. The van der Waals surface area contributed by atoms with E-state index in [2.05, 4.69) is 5.43 Å². The molecular formula is C13H21FN2O. The van der Waals surface area contributed by atoms with Gasteiger partial charge in [-0.3, -0.25) is 11.3 Å². The molecule has 3 nitrogen and oxygen atoms in total. The first kappa shape index (κ1) is 14.1. The molecule has 1 aromatic rings. The standard InChI is InChI=1S/C13H21FN2O/c1-13(2,17-3)9-8-12(16-15)10-4-6-11(14)7-5-10/h4-7,12,16H,8-9,15H2,1-3H3. The Balaban J connectivity index is 2.63. The molecule has 1 aromatic carbocycles. The van der Waals surface area contributed by atoms with Crippen LogP contribution in [0.3, 0.4) is 0 Å². The number of methoxy groups -OCH3 is 1. The molecule has 0 aromatic heterocycles. The molecule has 0 aliphatic rings. The minimum absolute atomic E-state index is 0.0185. The Bertz CT molecular complexity index is 338. The number of benzene rings is 1. The maximum absolute atomic E-state index is 12.8. The summed E-state index contributed by atoms with van der Waals surface area (Å²) in [5.41, 5.74) is 3.57. The number of hydrogen-bond donors (Lipinski definition) is 2. The molecule has 0 amide bonds. The summed E-state index contributed by atoms with van der Waals surface area (Å²) in [6, 6.07) is 6.41. The lowest BCUT2D eigenvalue weighted by molar-refractivity contribution is 0.0117. The third-order valence-electron chi connectivity index (χ3n) is 3.06. The maximum atomic E-state index is 12.8. The molecule has 0 saturated carbocycles. The van der Waals surface area contributed by atoms with Crippen LogP contribution in [0.25, 0.3) is 0 Å². The van der Waals surface area contributed by atoms with Gasteiger partial charge < -0.3 is 4.74 Å². The van der Waals surface area contributed by atoms with Gasteiger partial charge in [0.05, 0.1) is 5.60 Å². The van der Waals surface area contributed by atoms with E-state index in [1.54, 1.807) is 19.2 Å². The summed E-state index contributed by atoms with van der Waals surface area (Å²) in [7, 11) is 1.70. The van der Waals surface area contributed by atoms with E-state index in [9.17, 15) is 4.39 Å². The molecule has 17 heavy (non-hydrogen) atoms. The van der Waals surface area contributed by atoms with Crippen LogP contribution in [0, 0.1) is 5.82 Å². The minimum atomic E-state index is -0.234. The predicted molar refractivity (Wildman–Crippen MR) is 66.8 cm³/mol. The van der Waals surface area contributed by atoms with Crippen LogP contribution >= 0.6 is 0 Å². The molecule has 0 saturated heterocycles. The number of halogens is 1. The maximum Gasteiger partial charge on any atom is 0.123 e. The van der Waals surface area contributed by atoms with Gasteiger partial charge in [0.15, 0.2) is 0 Å². The SMILES string of the molecule is COC(C)(C)CCC(NN)c1ccc(F)cc1. The van der Waals surface area contributed by atoms with Crippen LogP contribution < -0.4 is 11.3 Å². The van der Waals surface area contributed by atoms with Gasteiger partial charge in [-0.2, -0.15) is 0 Å². The second kappa shape index (κ2) is 6.10. The van der Waals surface area contributed by atoms with Crippen LogP contribution in [-0.4, -0.2) is 12.7 Å². The molecular weight excluding hydrogens is 219 g/mol. The van der Waals surface area contributed by atoms with Crippen LogP contribution in [0.5, 0.6) is 0 Å². The normalized spacial score (nSPS) is 13.7. The van der Waals surface area contributed by atoms with Gasteiger partial charge in [-0.15, -0.1) is 0 Å². The number of hydrazine groups is 1. The van der Waals surface area contributed by atoms with Crippen molar-refractivity contribution in [2.45, 2.75) is 38.3 Å². The first-order chi connectivity index (χ1) is 7.98. The molecule has 0 aliphatic carbocycles. The van der Waals surface area contributed by atoms with Crippen LogP contribution in [0.2, 0.25) is 0 Å². The fourth-order valence-electron chi connectivity index (χ4n) is 1.64. The summed E-state index contributed by atoms with van der Waals surface area (Å²) < 4.78 is 18.2. The van der Waals surface area contributed by atoms with Crippen molar-refractivity contribution in [3.63, 3.8) is 0 Å². The van der Waals surface area contributed by atoms with Gasteiger partial charge in [0, 0.05) is 13.2 Å². The van der Waals surface area contributed by atoms with Gasteiger partial charge in [-0.25, -0.2) is 4.39 Å². The Morgan fingerprint density at radius 1 is 1.35 bits per heavy atom. The molecule has 0 radical (unpaired) electrons. The number of hydrogen-bond acceptors (Lipinski definition) is 3. The largest absolute Gasteiger partial charge is 0.379 e. The number of nitrogens with two attached hydrogens (primary N) is 1. The number of rotatable bonds is 6. The van der Waals surface area contributed by atoms with E-state index >= 15 is 0 Å². The first-order valence-corrected chi connectivity index (χ1v) is 5.75. The van der Waals surface area contributed by atoms with Crippen molar-refractivity contribution in [1.29, 1.82) is 0 Å². The zero-order valence-electron chi connectivity index (χ0n) is 10.7. The lowest BCUT2D eigenvalue weighted by Gasteiger charge is -2.25. The summed E-state index contributed by atoms with van der Waals surface area (Å²) in [6.45, 7) is 4.07. The zero-order chi connectivity index (χ0) is 12.9. The highest BCUT2D eigenvalue weighted by Crippen LogP contribution is 2.24. The molecule has 0 aliphatic heterocycles. The Morgan fingerprint density at radius 2 is 1.94 bits per heavy atom. The molecule has 1 atom stereocenters. The Hall–Kier alpha value is -0.970. The van der Waals surface area contributed by atoms with Crippen molar-refractivity contribution in [3.05, 3.63) is 35.6 Å². The Morgan fingerprint density at radius 3 is 2.41 bits per heavy atom. The van der Waals surface area contributed by atoms with Crippen molar-refractivity contribution in [1.82, 2.24) is 5.43 Å². The van der Waals surface area contributed by atoms with E-state index in [1.165, 1.54) is 12.1 Å². The highest BCUT2D eigenvalue weighted by atomic mass is 19.1. The van der Waals surface area contributed by atoms with Crippen LogP contribution in [0.15, 0.2) is 24.3 Å². The first-order valence-electron chi connectivity index (χ1n) is 5.75. The molecule has 96 valence electrons. The van der Waals surface area contributed by atoms with Gasteiger partial charge in [0.25, 0.3) is 0 Å². The topological polar surface area (TPSA) is 47.3 Å². The minimum Gasteiger partial charge on any atom is -0.379 e. The fourth-order valence-corrected chi connectivity index (χ4v) is 1.64. The highest BCUT2D eigenvalue weighted by Gasteiger charge is 2.19. The second-order valence-electron chi connectivity index (χ2n) is 4.77. The van der Waals surface area contributed by atoms with Crippen LogP contribution in [-0.2, 0) is 4.74 Å². The monoisotopic (exact) mass is 240 g/mol. The predicted octanol–water partition coefficient (Wildman–Crippen LogP) is 2.54. The molecule has 4 heteroatoms. The smallest absolute Gasteiger partial charge is 0.123 e. The van der Waals surface area contributed by atoms with E-state index in [-0.39, 0.29) is 17.5 Å². The molecule has 0 spiro atoms. The van der Waals surface area contributed by atoms with Gasteiger partial charge >= 0.3 is 0 Å². The average Bonchev–Trinajstić information content (AvgIpc) is 2.32. The van der Waals surface area contributed by atoms with E-state index in [0.717, 1.165) is 18.4 Å². The Labute approximate surface area is 102 Å². The molecule has 1 unspecified atom stereocenters. The number of nitrogens with one attached hydrogen (secondary N) is 1. The quantitative estimate of drug-likeness (QED) is 0.593. The van der Waals surface area contributed by atoms with Gasteiger partial charge in [-0.05, 0) is 44.4 Å². The third-order valence-corrected chi connectivity index (χ3v) is 3.06. The second-order valence-corrected chi connectivity index (χ2v) is 4.77. The summed E-state index contributed by atoms with van der Waals surface area (Å²) in [5.74, 6) is 5.29. The summed E-state index contributed by atoms with van der Waals surface area (Å²) >= 11 is 0. The van der Waals surface area contributed by atoms with Gasteiger partial charge in [0.1, 0.15) is 5.82 Å². The summed E-state index contributed by atoms with van der Waals surface area (Å²) in [4.78, 5) is 0. The van der Waals surface area contributed by atoms with Gasteiger partial charge in [0.2, 0.25) is 0 Å². The fraction of sp³-hybridized carbons (Fsp3) is 0.538. The van der Waals surface area contributed by atoms with Crippen molar-refractivity contribution in [2.75, 3.05) is 7.11 Å². The van der Waals surface area contributed by atoms with Crippen molar-refractivity contribution >= 4 is 0 Å². The molecule has 3 N–H and O–H groups in total. The van der Waals surface area contributed by atoms with Gasteiger partial charge in [-0.1, -0.05) is 12.1 Å². The Kier molecular flexibility index (Phi) is 5.05. The molecule has 1 rings (SSSR count). The van der Waals surface area contributed by atoms with E-state index in [1.807, 2.05) is 13.8 Å². The van der Waals surface area contributed by atoms with Crippen molar-refractivity contribution in [3.8, 4) is 0 Å². The highest BCUT2D eigenvalue weighted by molar-refractivity contribution is 5.19. The lowest BCUT2D eigenvalue weighted by atomic mass is 9.95. The van der Waals surface area contributed by atoms with Crippen molar-refractivity contribution in [2.24, 2.45) is 5.84 Å². The van der Waals surface area contributed by atoms with E-state index in [0.29, 0.717) is 0 Å². The average molecular weight is 240 g/mol. The zero-order valence-corrected chi connectivity index (χ0v) is 10.7. The van der Waals surface area contributed by atoms with Crippen molar-refractivity contribution < 1.29 is 9.13 Å². The van der Waals surface area contributed by atoms with Crippen LogP contribution in [0.1, 0.15) is 38.3 Å².